The minimum absolute atomic E-state index is 0.00952. The van der Waals surface area contributed by atoms with Crippen molar-refractivity contribution in [2.24, 2.45) is 0 Å². The molecule has 6 heteroatoms. The minimum atomic E-state index is -0.907. The van der Waals surface area contributed by atoms with Gasteiger partial charge in [0, 0.05) is 18.3 Å². The lowest BCUT2D eigenvalue weighted by molar-refractivity contribution is -0.153. The second-order valence-electron chi connectivity index (χ2n) is 6.40. The third-order valence-electron chi connectivity index (χ3n) is 3.99. The van der Waals surface area contributed by atoms with Crippen molar-refractivity contribution in [3.05, 3.63) is 60.2 Å². The molecule has 0 unspecified atom stereocenters. The standard InChI is InChI=1S/C21H24N2O4/c1-14(17-7-5-4-6-8-17)13-20(25)27-15(2)21(26)23-19-11-9-18(10-12-19)22-16(3)24/h4-12,14-15H,13H2,1-3H3,(H,22,24)(H,23,26)/t14-,15+/m1/s1. The van der Waals surface area contributed by atoms with E-state index in [1.807, 2.05) is 37.3 Å². The molecule has 27 heavy (non-hydrogen) atoms. The van der Waals surface area contributed by atoms with Gasteiger partial charge in [0.05, 0.1) is 6.42 Å². The molecular formula is C21H24N2O4. The smallest absolute Gasteiger partial charge is 0.307 e. The summed E-state index contributed by atoms with van der Waals surface area (Å²) in [7, 11) is 0. The van der Waals surface area contributed by atoms with Crippen molar-refractivity contribution in [1.29, 1.82) is 0 Å². The van der Waals surface area contributed by atoms with Crippen LogP contribution in [-0.2, 0) is 19.1 Å². The average molecular weight is 368 g/mol. The van der Waals surface area contributed by atoms with Crippen LogP contribution in [0.2, 0.25) is 0 Å². The number of hydrogen-bond acceptors (Lipinski definition) is 4. The maximum Gasteiger partial charge on any atom is 0.307 e. The highest BCUT2D eigenvalue weighted by molar-refractivity contribution is 5.95. The number of benzene rings is 2. The van der Waals surface area contributed by atoms with Gasteiger partial charge in [-0.05, 0) is 42.7 Å². The topological polar surface area (TPSA) is 84.5 Å². The zero-order chi connectivity index (χ0) is 19.8. The van der Waals surface area contributed by atoms with Crippen LogP contribution in [0.1, 0.15) is 38.7 Å². The van der Waals surface area contributed by atoms with Crippen molar-refractivity contribution in [3.63, 3.8) is 0 Å². The fraction of sp³-hybridized carbons (Fsp3) is 0.286. The van der Waals surface area contributed by atoms with Gasteiger partial charge in [-0.1, -0.05) is 37.3 Å². The summed E-state index contributed by atoms with van der Waals surface area (Å²) in [6.45, 7) is 4.90. The van der Waals surface area contributed by atoms with Gasteiger partial charge in [-0.15, -0.1) is 0 Å². The molecule has 2 N–H and O–H groups in total. The van der Waals surface area contributed by atoms with E-state index in [0.717, 1.165) is 5.56 Å². The van der Waals surface area contributed by atoms with Crippen molar-refractivity contribution in [2.75, 3.05) is 10.6 Å². The predicted molar refractivity (Wildman–Crippen MR) is 104 cm³/mol. The number of carbonyl (C=O) groups excluding carboxylic acids is 3. The molecule has 2 aromatic carbocycles. The van der Waals surface area contributed by atoms with Crippen molar-refractivity contribution in [1.82, 2.24) is 0 Å². The first-order valence-electron chi connectivity index (χ1n) is 8.78. The molecule has 2 rings (SSSR count). The lowest BCUT2D eigenvalue weighted by atomic mass is 9.98. The highest BCUT2D eigenvalue weighted by atomic mass is 16.5. The van der Waals surface area contributed by atoms with Gasteiger partial charge in [-0.2, -0.15) is 0 Å². The largest absolute Gasteiger partial charge is 0.453 e. The van der Waals surface area contributed by atoms with Gasteiger partial charge in [0.2, 0.25) is 5.91 Å². The molecule has 0 aliphatic carbocycles. The zero-order valence-electron chi connectivity index (χ0n) is 15.7. The summed E-state index contributed by atoms with van der Waals surface area (Å²) in [5.41, 5.74) is 2.23. The molecule has 0 saturated heterocycles. The molecule has 0 heterocycles. The predicted octanol–water partition coefficient (Wildman–Crippen LogP) is 3.71. The van der Waals surface area contributed by atoms with Crippen LogP contribution in [0.4, 0.5) is 11.4 Å². The minimum Gasteiger partial charge on any atom is -0.453 e. The normalized spacial score (nSPS) is 12.6. The second-order valence-corrected chi connectivity index (χ2v) is 6.40. The quantitative estimate of drug-likeness (QED) is 0.730. The van der Waals surface area contributed by atoms with Crippen molar-refractivity contribution in [3.8, 4) is 0 Å². The van der Waals surface area contributed by atoms with E-state index in [0.29, 0.717) is 11.4 Å². The Morgan fingerprint density at radius 1 is 0.889 bits per heavy atom. The Balaban J connectivity index is 1.84. The summed E-state index contributed by atoms with van der Waals surface area (Å²) in [5.74, 6) is -0.995. The molecule has 0 aliphatic heterocycles. The van der Waals surface area contributed by atoms with E-state index < -0.39 is 18.0 Å². The molecule has 2 atom stereocenters. The van der Waals surface area contributed by atoms with E-state index >= 15 is 0 Å². The first-order chi connectivity index (χ1) is 12.8. The van der Waals surface area contributed by atoms with Gasteiger partial charge in [0.1, 0.15) is 0 Å². The van der Waals surface area contributed by atoms with Crippen molar-refractivity contribution < 1.29 is 19.1 Å². The summed E-state index contributed by atoms with van der Waals surface area (Å²) >= 11 is 0. The third-order valence-corrected chi connectivity index (χ3v) is 3.99. The van der Waals surface area contributed by atoms with E-state index in [4.69, 9.17) is 4.74 Å². The molecule has 142 valence electrons. The molecule has 0 saturated carbocycles. The molecule has 6 nitrogen and oxygen atoms in total. The molecule has 2 aromatic rings. The van der Waals surface area contributed by atoms with Crippen LogP contribution < -0.4 is 10.6 Å². The van der Waals surface area contributed by atoms with Crippen LogP contribution in [0.5, 0.6) is 0 Å². The van der Waals surface area contributed by atoms with Crippen LogP contribution in [0.15, 0.2) is 54.6 Å². The molecule has 0 bridgehead atoms. The summed E-state index contributed by atoms with van der Waals surface area (Å²) in [5, 5.41) is 5.33. The average Bonchev–Trinajstić information content (AvgIpc) is 2.63. The zero-order valence-corrected chi connectivity index (χ0v) is 15.7. The number of anilines is 2. The molecule has 0 radical (unpaired) electrons. The monoisotopic (exact) mass is 368 g/mol. The van der Waals surface area contributed by atoms with Crippen LogP contribution in [0.25, 0.3) is 0 Å². The van der Waals surface area contributed by atoms with Gasteiger partial charge in [0.25, 0.3) is 5.91 Å². The number of carbonyl (C=O) groups is 3. The van der Waals surface area contributed by atoms with Crippen LogP contribution in [0.3, 0.4) is 0 Å². The number of amides is 2. The fourth-order valence-corrected chi connectivity index (χ4v) is 2.53. The summed E-state index contributed by atoms with van der Waals surface area (Å²) in [6.07, 6.45) is -0.706. The molecule has 0 aromatic heterocycles. The fourth-order valence-electron chi connectivity index (χ4n) is 2.53. The number of esters is 1. The highest BCUT2D eigenvalue weighted by Gasteiger charge is 2.20. The Kier molecular flexibility index (Phi) is 7.11. The van der Waals surface area contributed by atoms with Gasteiger partial charge >= 0.3 is 5.97 Å². The van der Waals surface area contributed by atoms with Gasteiger partial charge in [-0.3, -0.25) is 14.4 Å². The van der Waals surface area contributed by atoms with Crippen LogP contribution in [-0.4, -0.2) is 23.9 Å². The maximum absolute atomic E-state index is 12.2. The van der Waals surface area contributed by atoms with Crippen molar-refractivity contribution in [2.45, 2.75) is 39.2 Å². The molecule has 0 fully saturated rings. The Morgan fingerprint density at radius 2 is 1.44 bits per heavy atom. The van der Waals surface area contributed by atoms with Gasteiger partial charge in [0.15, 0.2) is 6.10 Å². The Bertz CT molecular complexity index is 788. The number of rotatable bonds is 7. The number of ether oxygens (including phenoxy) is 1. The van der Waals surface area contributed by atoms with Crippen LogP contribution in [0, 0.1) is 0 Å². The maximum atomic E-state index is 12.2. The summed E-state index contributed by atoms with van der Waals surface area (Å²) in [6, 6.07) is 16.4. The van der Waals surface area contributed by atoms with E-state index in [9.17, 15) is 14.4 Å². The second kappa shape index (κ2) is 9.52. The van der Waals surface area contributed by atoms with Crippen LogP contribution >= 0.6 is 0 Å². The number of nitrogens with one attached hydrogen (secondary N) is 2. The van der Waals surface area contributed by atoms with E-state index in [-0.39, 0.29) is 18.2 Å². The SMILES string of the molecule is CC(=O)Nc1ccc(NC(=O)[C@H](C)OC(=O)C[C@@H](C)c2ccccc2)cc1. The number of hydrogen-bond donors (Lipinski definition) is 2. The van der Waals surface area contributed by atoms with Gasteiger partial charge in [-0.25, -0.2) is 0 Å². The van der Waals surface area contributed by atoms with E-state index in [2.05, 4.69) is 10.6 Å². The molecule has 0 spiro atoms. The lowest BCUT2D eigenvalue weighted by Gasteiger charge is -2.16. The Labute approximate surface area is 158 Å². The highest BCUT2D eigenvalue weighted by Crippen LogP contribution is 2.19. The van der Waals surface area contributed by atoms with E-state index in [1.54, 1.807) is 24.3 Å². The lowest BCUT2D eigenvalue weighted by Crippen LogP contribution is -2.30. The molecule has 2 amide bonds. The van der Waals surface area contributed by atoms with Crippen molar-refractivity contribution >= 4 is 29.2 Å². The molecule has 0 aliphatic rings. The van der Waals surface area contributed by atoms with Gasteiger partial charge < -0.3 is 15.4 Å². The first kappa shape index (κ1) is 20.2. The third kappa shape index (κ3) is 6.58. The summed E-state index contributed by atoms with van der Waals surface area (Å²) < 4.78 is 5.24. The first-order valence-corrected chi connectivity index (χ1v) is 8.78. The molecular weight excluding hydrogens is 344 g/mol. The summed E-state index contributed by atoms with van der Waals surface area (Å²) in [4.78, 5) is 35.3. The Morgan fingerprint density at radius 3 is 2.00 bits per heavy atom. The van der Waals surface area contributed by atoms with E-state index in [1.165, 1.54) is 13.8 Å². The Hall–Kier alpha value is -3.15.